The molecule has 3 aromatic rings. The molecule has 1 aliphatic heterocycles. The third-order valence-electron chi connectivity index (χ3n) is 8.37. The number of carbonyl (C=O) groups is 2. The second-order valence-corrected chi connectivity index (χ2v) is 10.5. The standard InChI is InChI=1S/C29H32N4O3/c34-28(31-36)20-14-15-22-25(18-20)32-16-17-33(29(35)30-21-10-4-5-11-21)24-13-7-6-12-23(24)27(32)26(22)19-8-2-1-3-9-19/h6-7,12-15,18-19,21H,1-5,8-11,16-17H2,(H,30,35). The molecule has 2 aliphatic carbocycles. The number of hydrogen-bond donors (Lipinski definition) is 1. The summed E-state index contributed by atoms with van der Waals surface area (Å²) in [5.74, 6) is -0.326. The van der Waals surface area contributed by atoms with Crippen molar-refractivity contribution in [2.24, 2.45) is 5.18 Å². The fraction of sp³-hybridized carbons (Fsp3) is 0.448. The Balaban J connectivity index is 1.52. The van der Waals surface area contributed by atoms with Gasteiger partial charge in [-0.15, -0.1) is 4.91 Å². The van der Waals surface area contributed by atoms with Gasteiger partial charge in [0.1, 0.15) is 0 Å². The number of aromatic nitrogens is 1. The van der Waals surface area contributed by atoms with Crippen LogP contribution in [0.15, 0.2) is 47.6 Å². The van der Waals surface area contributed by atoms with E-state index < -0.39 is 5.91 Å². The van der Waals surface area contributed by atoms with E-state index in [-0.39, 0.29) is 12.1 Å². The van der Waals surface area contributed by atoms with Crippen LogP contribution in [0.25, 0.3) is 22.2 Å². The minimum Gasteiger partial charge on any atom is -0.338 e. The molecule has 2 saturated carbocycles. The minimum atomic E-state index is -0.752. The molecule has 3 amide bonds. The Bertz CT molecular complexity index is 1330. The van der Waals surface area contributed by atoms with Crippen LogP contribution in [-0.4, -0.2) is 29.1 Å². The van der Waals surface area contributed by atoms with Gasteiger partial charge in [0.05, 0.1) is 11.4 Å². The normalized spacial score (nSPS) is 18.5. The van der Waals surface area contributed by atoms with Crippen molar-refractivity contribution >= 4 is 28.5 Å². The molecule has 0 bridgehead atoms. The van der Waals surface area contributed by atoms with Crippen LogP contribution < -0.4 is 10.2 Å². The summed E-state index contributed by atoms with van der Waals surface area (Å²) in [5, 5.41) is 7.06. The Morgan fingerprint density at radius 1 is 0.889 bits per heavy atom. The summed E-state index contributed by atoms with van der Waals surface area (Å²) in [5.41, 5.74) is 5.68. The van der Waals surface area contributed by atoms with E-state index in [0.29, 0.717) is 24.6 Å². The number of benzene rings is 2. The molecule has 0 spiro atoms. The van der Waals surface area contributed by atoms with Crippen LogP contribution in [0.3, 0.4) is 0 Å². The first-order chi connectivity index (χ1) is 17.7. The highest BCUT2D eigenvalue weighted by molar-refractivity contribution is 6.04. The molecule has 3 aliphatic rings. The Morgan fingerprint density at radius 3 is 2.42 bits per heavy atom. The first kappa shape index (κ1) is 23.0. The maximum atomic E-state index is 13.5. The predicted octanol–water partition coefficient (Wildman–Crippen LogP) is 6.73. The van der Waals surface area contributed by atoms with Crippen LogP contribution in [0.5, 0.6) is 0 Å². The molecule has 0 unspecified atom stereocenters. The first-order valence-electron chi connectivity index (χ1n) is 13.4. The van der Waals surface area contributed by atoms with Gasteiger partial charge in [0.25, 0.3) is 0 Å². The van der Waals surface area contributed by atoms with E-state index in [1.807, 2.05) is 35.2 Å². The number of carbonyl (C=O) groups excluding carboxylic acids is 2. The van der Waals surface area contributed by atoms with Crippen molar-refractivity contribution in [3.8, 4) is 11.3 Å². The summed E-state index contributed by atoms with van der Waals surface area (Å²) in [7, 11) is 0. The molecule has 1 N–H and O–H groups in total. The van der Waals surface area contributed by atoms with E-state index in [9.17, 15) is 14.5 Å². The zero-order chi connectivity index (χ0) is 24.6. The number of amides is 3. The van der Waals surface area contributed by atoms with Gasteiger partial charge in [0.2, 0.25) is 0 Å². The van der Waals surface area contributed by atoms with Crippen molar-refractivity contribution in [3.63, 3.8) is 0 Å². The number of nitrogens with zero attached hydrogens (tertiary/aromatic N) is 3. The average Bonchev–Trinajstić information content (AvgIpc) is 3.50. The van der Waals surface area contributed by atoms with Crippen molar-refractivity contribution in [3.05, 3.63) is 58.5 Å². The summed E-state index contributed by atoms with van der Waals surface area (Å²) in [4.78, 5) is 38.5. The van der Waals surface area contributed by atoms with E-state index >= 15 is 0 Å². The number of nitrogens with one attached hydrogen (secondary N) is 1. The van der Waals surface area contributed by atoms with Crippen molar-refractivity contribution in [2.45, 2.75) is 76.3 Å². The number of nitroso groups, excluding NO2 is 1. The van der Waals surface area contributed by atoms with Gasteiger partial charge in [-0.3, -0.25) is 9.69 Å². The molecule has 2 aromatic carbocycles. The molecule has 6 rings (SSSR count). The molecule has 0 atom stereocenters. The Morgan fingerprint density at radius 2 is 1.64 bits per heavy atom. The highest BCUT2D eigenvalue weighted by atomic mass is 16.3. The van der Waals surface area contributed by atoms with Crippen LogP contribution >= 0.6 is 0 Å². The minimum absolute atomic E-state index is 0.0374. The lowest BCUT2D eigenvalue weighted by atomic mass is 9.81. The van der Waals surface area contributed by atoms with Gasteiger partial charge >= 0.3 is 11.9 Å². The highest BCUT2D eigenvalue weighted by Crippen LogP contribution is 2.47. The van der Waals surface area contributed by atoms with Crippen LogP contribution in [-0.2, 0) is 6.54 Å². The third kappa shape index (κ3) is 3.91. The molecular formula is C29H32N4O3. The van der Waals surface area contributed by atoms with Gasteiger partial charge in [0, 0.05) is 46.3 Å². The number of para-hydroxylation sites is 1. The molecule has 0 saturated heterocycles. The molecule has 0 radical (unpaired) electrons. The lowest BCUT2D eigenvalue weighted by Crippen LogP contribution is -2.45. The second-order valence-electron chi connectivity index (χ2n) is 10.5. The zero-order valence-electron chi connectivity index (χ0n) is 20.5. The topological polar surface area (TPSA) is 83.8 Å². The summed E-state index contributed by atoms with van der Waals surface area (Å²) in [6.07, 6.45) is 10.4. The molecule has 7 heteroatoms. The maximum absolute atomic E-state index is 13.5. The van der Waals surface area contributed by atoms with Crippen molar-refractivity contribution < 1.29 is 9.59 Å². The summed E-state index contributed by atoms with van der Waals surface area (Å²) < 4.78 is 2.27. The number of hydrogen-bond acceptors (Lipinski definition) is 3. The van der Waals surface area contributed by atoms with E-state index in [1.165, 1.54) is 37.7 Å². The smallest absolute Gasteiger partial charge is 0.322 e. The van der Waals surface area contributed by atoms with Crippen molar-refractivity contribution in [1.82, 2.24) is 9.88 Å². The lowest BCUT2D eigenvalue weighted by molar-refractivity contribution is 0.100. The van der Waals surface area contributed by atoms with E-state index in [2.05, 4.69) is 21.1 Å². The number of anilines is 1. The van der Waals surface area contributed by atoms with Gasteiger partial charge in [-0.25, -0.2) is 4.79 Å². The molecule has 7 nitrogen and oxygen atoms in total. The molecule has 2 heterocycles. The Kier molecular flexibility index (Phi) is 6.07. The summed E-state index contributed by atoms with van der Waals surface area (Å²) in [6.45, 7) is 1.14. The monoisotopic (exact) mass is 484 g/mol. The zero-order valence-corrected chi connectivity index (χ0v) is 20.5. The Hall–Kier alpha value is -3.48. The van der Waals surface area contributed by atoms with Crippen molar-refractivity contribution in [1.29, 1.82) is 0 Å². The van der Waals surface area contributed by atoms with E-state index in [4.69, 9.17) is 0 Å². The van der Waals surface area contributed by atoms with Crippen LogP contribution in [0.4, 0.5) is 10.5 Å². The Labute approximate surface area is 210 Å². The SMILES string of the molecule is O=NC(=O)c1ccc2c(C3CCCCC3)c3n(c2c1)CCN(C(=O)NC1CCCC1)c1ccccc1-3. The summed E-state index contributed by atoms with van der Waals surface area (Å²) >= 11 is 0. The maximum Gasteiger partial charge on any atom is 0.322 e. The fourth-order valence-corrected chi connectivity index (χ4v) is 6.65. The van der Waals surface area contributed by atoms with Gasteiger partial charge in [-0.1, -0.05) is 56.4 Å². The number of fused-ring (bicyclic) bond motifs is 5. The van der Waals surface area contributed by atoms with Gasteiger partial charge in [-0.2, -0.15) is 0 Å². The molecule has 186 valence electrons. The van der Waals surface area contributed by atoms with Gasteiger partial charge in [-0.05, 0) is 55.4 Å². The van der Waals surface area contributed by atoms with Crippen molar-refractivity contribution in [2.75, 3.05) is 11.4 Å². The highest BCUT2D eigenvalue weighted by Gasteiger charge is 2.32. The largest absolute Gasteiger partial charge is 0.338 e. The first-order valence-corrected chi connectivity index (χ1v) is 13.4. The number of rotatable bonds is 3. The van der Waals surface area contributed by atoms with Crippen LogP contribution in [0.1, 0.15) is 79.6 Å². The average molecular weight is 485 g/mol. The second kappa shape index (κ2) is 9.52. The van der Waals surface area contributed by atoms with E-state index in [1.54, 1.807) is 6.07 Å². The molecular weight excluding hydrogens is 452 g/mol. The van der Waals surface area contributed by atoms with Gasteiger partial charge in [0.15, 0.2) is 0 Å². The van der Waals surface area contributed by atoms with Gasteiger partial charge < -0.3 is 9.88 Å². The molecule has 2 fully saturated rings. The fourth-order valence-electron chi connectivity index (χ4n) is 6.65. The summed E-state index contributed by atoms with van der Waals surface area (Å²) in [6, 6.07) is 13.9. The van der Waals surface area contributed by atoms with E-state index in [0.717, 1.165) is 53.5 Å². The third-order valence-corrected chi connectivity index (χ3v) is 8.37. The predicted molar refractivity (Wildman–Crippen MR) is 141 cm³/mol. The van der Waals surface area contributed by atoms with Crippen LogP contribution in [0, 0.1) is 4.91 Å². The molecule has 1 aromatic heterocycles. The quantitative estimate of drug-likeness (QED) is 0.418. The molecule has 36 heavy (non-hydrogen) atoms. The lowest BCUT2D eigenvalue weighted by Gasteiger charge is -2.26. The number of urea groups is 1. The van der Waals surface area contributed by atoms with Crippen LogP contribution in [0.2, 0.25) is 0 Å².